The van der Waals surface area contributed by atoms with Crippen molar-refractivity contribution in [2.75, 3.05) is 19.9 Å². The fourth-order valence-corrected chi connectivity index (χ4v) is 3.55. The fraction of sp³-hybridized carbons (Fsp3) is 0.455. The van der Waals surface area contributed by atoms with E-state index in [2.05, 4.69) is 74.4 Å². The van der Waals surface area contributed by atoms with Crippen LogP contribution in [0.15, 0.2) is 53.4 Å². The maximum Gasteiger partial charge on any atom is 0.119 e. The zero-order valence-electron chi connectivity index (χ0n) is 16.2. The monoisotopic (exact) mass is 357 g/mol. The molecule has 2 aromatic rings. The van der Waals surface area contributed by atoms with Crippen LogP contribution in [0.25, 0.3) is 0 Å². The van der Waals surface area contributed by atoms with E-state index in [0.717, 1.165) is 31.7 Å². The predicted octanol–water partition coefficient (Wildman–Crippen LogP) is 5.65. The average molecular weight is 358 g/mol. The SMILES string of the molecule is CCN(Cc1ccc(SC)cc1)C(C)(C)CCc1cccc(OC)c1. The summed E-state index contributed by atoms with van der Waals surface area (Å²) < 4.78 is 5.34. The molecule has 0 amide bonds. The number of hydrogen-bond donors (Lipinski definition) is 0. The molecule has 2 nitrogen and oxygen atoms in total. The van der Waals surface area contributed by atoms with Crippen molar-refractivity contribution in [3.8, 4) is 5.75 Å². The Hall–Kier alpha value is -1.45. The lowest BCUT2D eigenvalue weighted by atomic mass is 9.92. The lowest BCUT2D eigenvalue weighted by molar-refractivity contribution is 0.110. The molecule has 136 valence electrons. The van der Waals surface area contributed by atoms with Crippen LogP contribution in [-0.4, -0.2) is 30.3 Å². The third-order valence-corrected chi connectivity index (χ3v) is 5.67. The van der Waals surface area contributed by atoms with Gasteiger partial charge in [0, 0.05) is 17.0 Å². The zero-order chi connectivity index (χ0) is 18.3. The van der Waals surface area contributed by atoms with Gasteiger partial charge in [-0.3, -0.25) is 4.90 Å². The van der Waals surface area contributed by atoms with Gasteiger partial charge in [-0.15, -0.1) is 11.8 Å². The number of rotatable bonds is 9. The highest BCUT2D eigenvalue weighted by atomic mass is 32.2. The van der Waals surface area contributed by atoms with Gasteiger partial charge >= 0.3 is 0 Å². The Bertz CT molecular complexity index is 651. The summed E-state index contributed by atoms with van der Waals surface area (Å²) >= 11 is 1.79. The number of benzene rings is 2. The Morgan fingerprint density at radius 2 is 1.76 bits per heavy atom. The molecule has 0 N–H and O–H groups in total. The van der Waals surface area contributed by atoms with Crippen LogP contribution >= 0.6 is 11.8 Å². The van der Waals surface area contributed by atoms with Crippen LogP contribution in [0.3, 0.4) is 0 Å². The van der Waals surface area contributed by atoms with Crippen molar-refractivity contribution in [3.05, 3.63) is 59.7 Å². The van der Waals surface area contributed by atoms with Crippen LogP contribution in [0.4, 0.5) is 0 Å². The van der Waals surface area contributed by atoms with E-state index in [1.807, 2.05) is 6.07 Å². The second-order valence-electron chi connectivity index (χ2n) is 7.03. The quantitative estimate of drug-likeness (QED) is 0.538. The van der Waals surface area contributed by atoms with Gasteiger partial charge in [-0.25, -0.2) is 0 Å². The summed E-state index contributed by atoms with van der Waals surface area (Å²) in [6, 6.07) is 17.4. The topological polar surface area (TPSA) is 12.5 Å². The third kappa shape index (κ3) is 5.79. The number of nitrogens with zero attached hydrogens (tertiary/aromatic N) is 1. The van der Waals surface area contributed by atoms with Crippen LogP contribution in [-0.2, 0) is 13.0 Å². The van der Waals surface area contributed by atoms with Gasteiger partial charge in [-0.05, 0) is 74.9 Å². The number of aryl methyl sites for hydroxylation is 1. The lowest BCUT2D eigenvalue weighted by Gasteiger charge is -2.38. The zero-order valence-corrected chi connectivity index (χ0v) is 17.0. The molecule has 3 heteroatoms. The minimum atomic E-state index is 0.149. The first kappa shape index (κ1) is 19.9. The normalized spacial score (nSPS) is 11.8. The molecule has 0 atom stereocenters. The minimum absolute atomic E-state index is 0.149. The smallest absolute Gasteiger partial charge is 0.119 e. The maximum atomic E-state index is 5.34. The number of hydrogen-bond acceptors (Lipinski definition) is 3. The van der Waals surface area contributed by atoms with E-state index in [9.17, 15) is 0 Å². The Kier molecular flexibility index (Phi) is 7.39. The first-order chi connectivity index (χ1) is 12.0. The Labute approximate surface area is 157 Å². The number of ether oxygens (including phenoxy) is 1. The summed E-state index contributed by atoms with van der Waals surface area (Å²) in [5.41, 5.74) is 2.87. The van der Waals surface area contributed by atoms with Gasteiger partial charge in [0.05, 0.1) is 7.11 Å². The van der Waals surface area contributed by atoms with Crippen molar-refractivity contribution in [2.24, 2.45) is 0 Å². The van der Waals surface area contributed by atoms with Crippen molar-refractivity contribution in [2.45, 2.75) is 50.6 Å². The van der Waals surface area contributed by atoms with E-state index in [-0.39, 0.29) is 5.54 Å². The second-order valence-corrected chi connectivity index (χ2v) is 7.91. The first-order valence-electron chi connectivity index (χ1n) is 8.99. The molecule has 2 rings (SSSR count). The van der Waals surface area contributed by atoms with E-state index in [1.54, 1.807) is 18.9 Å². The molecule has 0 bridgehead atoms. The standard InChI is InChI=1S/C22H31NOS/c1-6-23(17-19-10-12-21(25-5)13-11-19)22(2,3)15-14-18-8-7-9-20(16-18)24-4/h7-13,16H,6,14-15,17H2,1-5H3. The van der Waals surface area contributed by atoms with Crippen molar-refractivity contribution >= 4 is 11.8 Å². The van der Waals surface area contributed by atoms with E-state index in [4.69, 9.17) is 4.74 Å². The summed E-state index contributed by atoms with van der Waals surface area (Å²) in [5, 5.41) is 0. The molecular weight excluding hydrogens is 326 g/mol. The molecule has 0 spiro atoms. The first-order valence-corrected chi connectivity index (χ1v) is 10.2. The van der Waals surface area contributed by atoms with Crippen molar-refractivity contribution in [1.82, 2.24) is 4.90 Å². The van der Waals surface area contributed by atoms with Crippen LogP contribution in [0.2, 0.25) is 0 Å². The Balaban J connectivity index is 2.00. The highest BCUT2D eigenvalue weighted by molar-refractivity contribution is 7.98. The molecule has 0 saturated heterocycles. The van der Waals surface area contributed by atoms with E-state index >= 15 is 0 Å². The maximum absolute atomic E-state index is 5.34. The van der Waals surface area contributed by atoms with Crippen LogP contribution in [0.1, 0.15) is 38.3 Å². The minimum Gasteiger partial charge on any atom is -0.497 e. The van der Waals surface area contributed by atoms with Crippen molar-refractivity contribution in [1.29, 1.82) is 0 Å². The van der Waals surface area contributed by atoms with Crippen LogP contribution in [0, 0.1) is 0 Å². The molecule has 0 aliphatic heterocycles. The van der Waals surface area contributed by atoms with E-state index in [0.29, 0.717) is 0 Å². The Morgan fingerprint density at radius 3 is 2.36 bits per heavy atom. The predicted molar refractivity (Wildman–Crippen MR) is 110 cm³/mol. The molecule has 25 heavy (non-hydrogen) atoms. The summed E-state index contributed by atoms with van der Waals surface area (Å²) in [6.07, 6.45) is 4.30. The average Bonchev–Trinajstić information content (AvgIpc) is 2.65. The van der Waals surface area contributed by atoms with Gasteiger partial charge in [-0.2, -0.15) is 0 Å². The molecule has 2 aromatic carbocycles. The number of thioether (sulfide) groups is 1. The number of methoxy groups -OCH3 is 1. The van der Waals surface area contributed by atoms with Gasteiger partial charge < -0.3 is 4.74 Å². The molecule has 0 saturated carbocycles. The second kappa shape index (κ2) is 9.30. The Morgan fingerprint density at radius 1 is 1.04 bits per heavy atom. The summed E-state index contributed by atoms with van der Waals surface area (Å²) in [7, 11) is 1.73. The van der Waals surface area contributed by atoms with Gasteiger partial charge in [0.15, 0.2) is 0 Å². The molecular formula is C22H31NOS. The summed E-state index contributed by atoms with van der Waals surface area (Å²) in [4.78, 5) is 3.89. The summed E-state index contributed by atoms with van der Waals surface area (Å²) in [5.74, 6) is 0.941. The summed E-state index contributed by atoms with van der Waals surface area (Å²) in [6.45, 7) is 9.01. The van der Waals surface area contributed by atoms with Gasteiger partial charge in [0.25, 0.3) is 0 Å². The molecule has 0 radical (unpaired) electrons. The fourth-order valence-electron chi connectivity index (χ4n) is 3.14. The highest BCUT2D eigenvalue weighted by Gasteiger charge is 2.25. The van der Waals surface area contributed by atoms with Gasteiger partial charge in [-0.1, -0.05) is 31.2 Å². The largest absolute Gasteiger partial charge is 0.497 e. The molecule has 0 aliphatic rings. The third-order valence-electron chi connectivity index (χ3n) is 4.93. The van der Waals surface area contributed by atoms with Gasteiger partial charge in [0.1, 0.15) is 5.75 Å². The van der Waals surface area contributed by atoms with E-state index in [1.165, 1.54) is 16.0 Å². The molecule has 0 aromatic heterocycles. The van der Waals surface area contributed by atoms with Crippen molar-refractivity contribution in [3.63, 3.8) is 0 Å². The van der Waals surface area contributed by atoms with Crippen LogP contribution in [0.5, 0.6) is 5.75 Å². The lowest BCUT2D eigenvalue weighted by Crippen LogP contribution is -2.43. The molecule has 0 heterocycles. The highest BCUT2D eigenvalue weighted by Crippen LogP contribution is 2.25. The molecule has 0 fully saturated rings. The van der Waals surface area contributed by atoms with E-state index < -0.39 is 0 Å². The molecule has 0 unspecified atom stereocenters. The van der Waals surface area contributed by atoms with Crippen LogP contribution < -0.4 is 4.74 Å². The van der Waals surface area contributed by atoms with Crippen molar-refractivity contribution < 1.29 is 4.74 Å². The van der Waals surface area contributed by atoms with Gasteiger partial charge in [0.2, 0.25) is 0 Å². The molecule has 0 aliphatic carbocycles.